The maximum atomic E-state index is 12.5. The number of nitriles is 1. The Morgan fingerprint density at radius 1 is 1.41 bits per heavy atom. The van der Waals surface area contributed by atoms with Gasteiger partial charge in [-0.15, -0.1) is 0 Å². The van der Waals surface area contributed by atoms with Crippen LogP contribution in [0.5, 0.6) is 0 Å². The van der Waals surface area contributed by atoms with Gasteiger partial charge in [-0.3, -0.25) is 4.79 Å². The lowest BCUT2D eigenvalue weighted by Gasteiger charge is -2.27. The van der Waals surface area contributed by atoms with Crippen molar-refractivity contribution >= 4 is 16.9 Å². The molecule has 3 rings (SSSR count). The minimum absolute atomic E-state index is 0.0439. The van der Waals surface area contributed by atoms with Gasteiger partial charge in [0.2, 0.25) is 5.91 Å². The first-order chi connectivity index (χ1) is 10.7. The molecule has 2 aromatic rings. The van der Waals surface area contributed by atoms with Crippen LogP contribution in [0, 0.1) is 18.3 Å². The Balaban J connectivity index is 1.92. The molecule has 1 aromatic carbocycles. The van der Waals surface area contributed by atoms with E-state index in [-0.39, 0.29) is 18.9 Å². The Kier molecular flexibility index (Phi) is 4.07. The van der Waals surface area contributed by atoms with Gasteiger partial charge in [-0.05, 0) is 24.6 Å². The van der Waals surface area contributed by atoms with Crippen LogP contribution in [-0.2, 0) is 22.5 Å². The molecular formula is C16H18N4O2. The highest BCUT2D eigenvalue weighted by Crippen LogP contribution is 2.18. The molecule has 1 aliphatic heterocycles. The van der Waals surface area contributed by atoms with Crippen molar-refractivity contribution in [1.29, 1.82) is 5.26 Å². The smallest absolute Gasteiger partial charge is 0.242 e. The van der Waals surface area contributed by atoms with Crippen LogP contribution in [0.15, 0.2) is 18.2 Å². The van der Waals surface area contributed by atoms with E-state index >= 15 is 0 Å². The van der Waals surface area contributed by atoms with E-state index in [1.807, 2.05) is 29.7 Å². The number of aromatic nitrogens is 2. The molecule has 1 amide bonds. The fourth-order valence-electron chi connectivity index (χ4n) is 2.72. The highest BCUT2D eigenvalue weighted by molar-refractivity contribution is 5.81. The lowest BCUT2D eigenvalue weighted by molar-refractivity contribution is -0.135. The number of benzene rings is 1. The van der Waals surface area contributed by atoms with Gasteiger partial charge in [-0.25, -0.2) is 4.98 Å². The topological polar surface area (TPSA) is 71.2 Å². The molecule has 0 atom stereocenters. The molecule has 0 radical (unpaired) electrons. The molecule has 0 bridgehead atoms. The first-order valence-electron chi connectivity index (χ1n) is 7.37. The van der Waals surface area contributed by atoms with Gasteiger partial charge in [0.1, 0.15) is 12.4 Å². The van der Waals surface area contributed by atoms with Crippen LogP contribution >= 0.6 is 0 Å². The number of hydrogen-bond acceptors (Lipinski definition) is 4. The maximum absolute atomic E-state index is 12.5. The molecule has 0 spiro atoms. The Hall–Kier alpha value is -2.39. The van der Waals surface area contributed by atoms with Crippen molar-refractivity contribution in [2.45, 2.75) is 19.9 Å². The SMILES string of the molecule is Cc1ccc2c(c1)nc(CC#N)n2CC(=O)N1CCOCC1. The summed E-state index contributed by atoms with van der Waals surface area (Å²) in [5.74, 6) is 0.687. The lowest BCUT2D eigenvalue weighted by atomic mass is 10.2. The molecule has 6 nitrogen and oxygen atoms in total. The fraction of sp³-hybridized carbons (Fsp3) is 0.438. The molecule has 0 unspecified atom stereocenters. The Bertz CT molecular complexity index is 738. The van der Waals surface area contributed by atoms with Gasteiger partial charge in [0.25, 0.3) is 0 Å². The monoisotopic (exact) mass is 298 g/mol. The molecule has 2 heterocycles. The van der Waals surface area contributed by atoms with Crippen LogP contribution in [0.1, 0.15) is 11.4 Å². The minimum Gasteiger partial charge on any atom is -0.378 e. The number of fused-ring (bicyclic) bond motifs is 1. The first kappa shape index (κ1) is 14.5. The molecule has 0 aliphatic carbocycles. The third-order valence-electron chi connectivity index (χ3n) is 3.88. The summed E-state index contributed by atoms with van der Waals surface area (Å²) >= 11 is 0. The van der Waals surface area contributed by atoms with Gasteiger partial charge in [0.15, 0.2) is 0 Å². The minimum atomic E-state index is 0.0439. The first-order valence-corrected chi connectivity index (χ1v) is 7.37. The second kappa shape index (κ2) is 6.16. The zero-order valence-corrected chi connectivity index (χ0v) is 12.6. The Labute approximate surface area is 128 Å². The molecule has 6 heteroatoms. The van der Waals surface area contributed by atoms with E-state index in [2.05, 4.69) is 11.1 Å². The molecule has 0 N–H and O–H groups in total. The van der Waals surface area contributed by atoms with Crippen LogP contribution in [0.25, 0.3) is 11.0 Å². The van der Waals surface area contributed by atoms with Gasteiger partial charge in [-0.1, -0.05) is 6.07 Å². The molecule has 114 valence electrons. The summed E-state index contributed by atoms with van der Waals surface area (Å²) in [7, 11) is 0. The second-order valence-electron chi connectivity index (χ2n) is 5.43. The fourth-order valence-corrected chi connectivity index (χ4v) is 2.72. The van der Waals surface area contributed by atoms with E-state index in [1.165, 1.54) is 0 Å². The molecule has 1 aromatic heterocycles. The number of aryl methyl sites for hydroxylation is 1. The summed E-state index contributed by atoms with van der Waals surface area (Å²) in [6.45, 7) is 4.63. The van der Waals surface area contributed by atoms with Crippen LogP contribution in [0.2, 0.25) is 0 Å². The number of imidazole rings is 1. The number of nitrogens with zero attached hydrogens (tertiary/aromatic N) is 4. The van der Waals surface area contributed by atoms with Crippen molar-refractivity contribution in [3.05, 3.63) is 29.6 Å². The predicted molar refractivity (Wildman–Crippen MR) is 81.2 cm³/mol. The molecule has 1 saturated heterocycles. The number of rotatable bonds is 3. The predicted octanol–water partition coefficient (Wildman–Crippen LogP) is 1.27. The van der Waals surface area contributed by atoms with E-state index in [0.29, 0.717) is 32.1 Å². The van der Waals surface area contributed by atoms with Crippen LogP contribution in [0.3, 0.4) is 0 Å². The highest BCUT2D eigenvalue weighted by atomic mass is 16.5. The van der Waals surface area contributed by atoms with Crippen molar-refractivity contribution < 1.29 is 9.53 Å². The number of amides is 1. The van der Waals surface area contributed by atoms with Crippen molar-refractivity contribution in [3.63, 3.8) is 0 Å². The zero-order chi connectivity index (χ0) is 15.5. The summed E-state index contributed by atoms with van der Waals surface area (Å²) in [5, 5.41) is 8.99. The number of carbonyl (C=O) groups excluding carboxylic acids is 1. The summed E-state index contributed by atoms with van der Waals surface area (Å²) in [6.07, 6.45) is 0.199. The maximum Gasteiger partial charge on any atom is 0.242 e. The van der Waals surface area contributed by atoms with Crippen LogP contribution in [-0.4, -0.2) is 46.7 Å². The molecule has 1 aliphatic rings. The van der Waals surface area contributed by atoms with Crippen molar-refractivity contribution in [1.82, 2.24) is 14.5 Å². The zero-order valence-electron chi connectivity index (χ0n) is 12.6. The second-order valence-corrected chi connectivity index (χ2v) is 5.43. The summed E-state index contributed by atoms with van der Waals surface area (Å²) in [4.78, 5) is 18.8. The lowest BCUT2D eigenvalue weighted by Crippen LogP contribution is -2.42. The molecule has 0 saturated carbocycles. The number of hydrogen-bond donors (Lipinski definition) is 0. The number of ether oxygens (including phenoxy) is 1. The van der Waals surface area contributed by atoms with E-state index in [0.717, 1.165) is 16.6 Å². The van der Waals surface area contributed by atoms with E-state index in [1.54, 1.807) is 4.90 Å². The Morgan fingerprint density at radius 3 is 2.91 bits per heavy atom. The van der Waals surface area contributed by atoms with Gasteiger partial charge in [-0.2, -0.15) is 5.26 Å². The van der Waals surface area contributed by atoms with Crippen molar-refractivity contribution in [2.24, 2.45) is 0 Å². The van der Waals surface area contributed by atoms with Gasteiger partial charge >= 0.3 is 0 Å². The van der Waals surface area contributed by atoms with Gasteiger partial charge in [0.05, 0.1) is 36.7 Å². The third-order valence-corrected chi connectivity index (χ3v) is 3.88. The van der Waals surface area contributed by atoms with E-state index in [4.69, 9.17) is 10.00 Å². The summed E-state index contributed by atoms with van der Waals surface area (Å²) in [6, 6.07) is 8.06. The van der Waals surface area contributed by atoms with Crippen molar-refractivity contribution in [3.8, 4) is 6.07 Å². The quantitative estimate of drug-likeness (QED) is 0.855. The van der Waals surface area contributed by atoms with Crippen LogP contribution < -0.4 is 0 Å². The normalized spacial score (nSPS) is 15.0. The molecule has 1 fully saturated rings. The summed E-state index contributed by atoms with van der Waals surface area (Å²) in [5.41, 5.74) is 2.85. The third kappa shape index (κ3) is 2.81. The van der Waals surface area contributed by atoms with Gasteiger partial charge < -0.3 is 14.2 Å². The number of carbonyl (C=O) groups is 1. The average molecular weight is 298 g/mol. The summed E-state index contributed by atoms with van der Waals surface area (Å²) < 4.78 is 7.13. The van der Waals surface area contributed by atoms with E-state index < -0.39 is 0 Å². The standard InChI is InChI=1S/C16H18N4O2/c1-12-2-3-14-13(10-12)18-15(4-5-17)20(14)11-16(21)19-6-8-22-9-7-19/h2-3,10H,4,6-9,11H2,1H3. The van der Waals surface area contributed by atoms with Crippen molar-refractivity contribution in [2.75, 3.05) is 26.3 Å². The van der Waals surface area contributed by atoms with Gasteiger partial charge in [0, 0.05) is 13.1 Å². The van der Waals surface area contributed by atoms with Crippen LogP contribution in [0.4, 0.5) is 0 Å². The number of morpholine rings is 1. The van der Waals surface area contributed by atoms with E-state index in [9.17, 15) is 4.79 Å². The Morgan fingerprint density at radius 2 is 2.18 bits per heavy atom. The average Bonchev–Trinajstić information content (AvgIpc) is 2.85. The highest BCUT2D eigenvalue weighted by Gasteiger charge is 2.20. The molecule has 22 heavy (non-hydrogen) atoms. The molecular weight excluding hydrogens is 280 g/mol. The largest absolute Gasteiger partial charge is 0.378 e.